The number of halogens is 1. The lowest BCUT2D eigenvalue weighted by Crippen LogP contribution is -2.28. The number of rotatable bonds is 7. The smallest absolute Gasteiger partial charge is 0.271 e. The van der Waals surface area contributed by atoms with E-state index < -0.39 is 0 Å². The van der Waals surface area contributed by atoms with Gasteiger partial charge in [-0.1, -0.05) is 25.4 Å². The third-order valence-corrected chi connectivity index (χ3v) is 2.39. The number of carbonyl (C=O) groups is 1. The molecule has 0 fully saturated rings. The third-order valence-electron chi connectivity index (χ3n) is 2.21. The van der Waals surface area contributed by atoms with E-state index in [2.05, 4.69) is 29.1 Å². The van der Waals surface area contributed by atoms with Gasteiger partial charge >= 0.3 is 0 Å². The van der Waals surface area contributed by atoms with Crippen molar-refractivity contribution < 1.29 is 9.53 Å². The minimum Gasteiger partial charge on any atom is -0.380 e. The summed E-state index contributed by atoms with van der Waals surface area (Å²) in [6.07, 6.45) is 3.78. The molecule has 100 valence electrons. The minimum atomic E-state index is -0.294. The molecule has 0 saturated carbocycles. The van der Waals surface area contributed by atoms with Crippen LogP contribution in [0.5, 0.6) is 0 Å². The van der Waals surface area contributed by atoms with E-state index in [-0.39, 0.29) is 16.8 Å². The summed E-state index contributed by atoms with van der Waals surface area (Å²) in [6, 6.07) is 0. The molecule has 0 unspecified atom stereocenters. The Bertz CT molecular complexity index is 385. The van der Waals surface area contributed by atoms with E-state index in [1.54, 1.807) is 0 Å². The molecule has 0 aliphatic heterocycles. The molecule has 1 aromatic heterocycles. The number of hydrogen-bond donors (Lipinski definition) is 1. The van der Waals surface area contributed by atoms with Crippen molar-refractivity contribution in [1.29, 1.82) is 0 Å². The Morgan fingerprint density at radius 3 is 2.89 bits per heavy atom. The van der Waals surface area contributed by atoms with Crippen LogP contribution in [-0.2, 0) is 4.74 Å². The van der Waals surface area contributed by atoms with Crippen LogP contribution in [0.2, 0.25) is 5.15 Å². The van der Waals surface area contributed by atoms with Crippen LogP contribution >= 0.6 is 11.6 Å². The fourth-order valence-corrected chi connectivity index (χ4v) is 1.35. The molecule has 0 radical (unpaired) electrons. The van der Waals surface area contributed by atoms with Gasteiger partial charge in [0.05, 0.1) is 19.0 Å². The second-order valence-corrected chi connectivity index (χ2v) is 4.67. The van der Waals surface area contributed by atoms with E-state index in [0.717, 1.165) is 6.42 Å². The van der Waals surface area contributed by atoms with Crippen LogP contribution in [0.15, 0.2) is 12.4 Å². The Balaban J connectivity index is 2.18. The zero-order valence-corrected chi connectivity index (χ0v) is 11.4. The third kappa shape index (κ3) is 5.93. The lowest BCUT2D eigenvalue weighted by molar-refractivity contribution is 0.0901. The Morgan fingerprint density at radius 1 is 1.44 bits per heavy atom. The maximum atomic E-state index is 11.6. The first-order valence-electron chi connectivity index (χ1n) is 5.93. The molecular formula is C12H18ClN3O2. The van der Waals surface area contributed by atoms with E-state index in [4.69, 9.17) is 16.3 Å². The Morgan fingerprint density at radius 2 is 2.22 bits per heavy atom. The van der Waals surface area contributed by atoms with Crippen LogP contribution in [0.4, 0.5) is 0 Å². The second kappa shape index (κ2) is 8.00. The van der Waals surface area contributed by atoms with Gasteiger partial charge in [-0.25, -0.2) is 4.98 Å². The molecule has 1 rings (SSSR count). The molecule has 1 heterocycles. The van der Waals surface area contributed by atoms with Gasteiger partial charge in [0.2, 0.25) is 0 Å². The summed E-state index contributed by atoms with van der Waals surface area (Å²) in [4.78, 5) is 19.3. The van der Waals surface area contributed by atoms with Crippen LogP contribution in [0, 0.1) is 5.92 Å². The number of carbonyl (C=O) groups excluding carboxylic acids is 1. The molecular weight excluding hydrogens is 254 g/mol. The molecule has 0 spiro atoms. The first-order valence-corrected chi connectivity index (χ1v) is 6.31. The molecule has 1 aromatic rings. The van der Waals surface area contributed by atoms with Crippen molar-refractivity contribution in [3.05, 3.63) is 23.2 Å². The van der Waals surface area contributed by atoms with Crippen molar-refractivity contribution >= 4 is 17.5 Å². The van der Waals surface area contributed by atoms with Crippen LogP contribution in [0.3, 0.4) is 0 Å². The Kier molecular flexibility index (Phi) is 6.60. The SMILES string of the molecule is CC(C)CCOCCNC(=O)c1cncc(Cl)n1. The summed E-state index contributed by atoms with van der Waals surface area (Å²) in [5.74, 6) is 0.332. The molecule has 0 aliphatic rings. The quantitative estimate of drug-likeness (QED) is 0.770. The van der Waals surface area contributed by atoms with Gasteiger partial charge < -0.3 is 10.1 Å². The monoisotopic (exact) mass is 271 g/mol. The number of hydrogen-bond acceptors (Lipinski definition) is 4. The second-order valence-electron chi connectivity index (χ2n) is 4.28. The van der Waals surface area contributed by atoms with Crippen LogP contribution in [-0.4, -0.2) is 35.6 Å². The molecule has 5 nitrogen and oxygen atoms in total. The zero-order valence-electron chi connectivity index (χ0n) is 10.6. The number of nitrogens with zero attached hydrogens (tertiary/aromatic N) is 2. The molecule has 1 N–H and O–H groups in total. The number of nitrogens with one attached hydrogen (secondary N) is 1. The maximum Gasteiger partial charge on any atom is 0.271 e. The van der Waals surface area contributed by atoms with Gasteiger partial charge in [-0.05, 0) is 12.3 Å². The molecule has 6 heteroatoms. The van der Waals surface area contributed by atoms with Crippen molar-refractivity contribution in [3.63, 3.8) is 0 Å². The largest absolute Gasteiger partial charge is 0.380 e. The van der Waals surface area contributed by atoms with Gasteiger partial charge in [-0.15, -0.1) is 0 Å². The number of amides is 1. The fraction of sp³-hybridized carbons (Fsp3) is 0.583. The normalized spacial score (nSPS) is 10.7. The standard InChI is InChI=1S/C12H18ClN3O2/c1-9(2)3-5-18-6-4-15-12(17)10-7-14-8-11(13)16-10/h7-9H,3-6H2,1-2H3,(H,15,17). The predicted octanol–water partition coefficient (Wildman–Crippen LogP) is 1.92. The number of ether oxygens (including phenoxy) is 1. The highest BCUT2D eigenvalue weighted by atomic mass is 35.5. The maximum absolute atomic E-state index is 11.6. The summed E-state index contributed by atoms with van der Waals surface area (Å²) in [5.41, 5.74) is 0.213. The lowest BCUT2D eigenvalue weighted by atomic mass is 10.1. The molecule has 18 heavy (non-hydrogen) atoms. The molecule has 0 atom stereocenters. The van der Waals surface area contributed by atoms with E-state index in [1.165, 1.54) is 12.4 Å². The highest BCUT2D eigenvalue weighted by molar-refractivity contribution is 6.29. The van der Waals surface area contributed by atoms with Gasteiger partial charge in [0.15, 0.2) is 0 Å². The van der Waals surface area contributed by atoms with Crippen LogP contribution in [0.25, 0.3) is 0 Å². The van der Waals surface area contributed by atoms with Crippen LogP contribution < -0.4 is 5.32 Å². The topological polar surface area (TPSA) is 64.1 Å². The lowest BCUT2D eigenvalue weighted by Gasteiger charge is -2.07. The van der Waals surface area contributed by atoms with E-state index >= 15 is 0 Å². The van der Waals surface area contributed by atoms with E-state index in [0.29, 0.717) is 25.7 Å². The van der Waals surface area contributed by atoms with E-state index in [9.17, 15) is 4.79 Å². The van der Waals surface area contributed by atoms with Gasteiger partial charge in [-0.2, -0.15) is 0 Å². The van der Waals surface area contributed by atoms with Gasteiger partial charge in [0, 0.05) is 13.2 Å². The molecule has 0 aliphatic carbocycles. The van der Waals surface area contributed by atoms with Crippen molar-refractivity contribution in [2.75, 3.05) is 19.8 Å². The van der Waals surface area contributed by atoms with Gasteiger partial charge in [0.25, 0.3) is 5.91 Å². The first kappa shape index (κ1) is 14.9. The summed E-state index contributed by atoms with van der Waals surface area (Å²) in [7, 11) is 0. The van der Waals surface area contributed by atoms with Crippen molar-refractivity contribution in [2.45, 2.75) is 20.3 Å². The average Bonchev–Trinajstić information content (AvgIpc) is 2.33. The van der Waals surface area contributed by atoms with Crippen molar-refractivity contribution in [2.24, 2.45) is 5.92 Å². The first-order chi connectivity index (χ1) is 8.59. The Labute approximate surface area is 112 Å². The molecule has 1 amide bonds. The van der Waals surface area contributed by atoms with Gasteiger partial charge in [0.1, 0.15) is 10.8 Å². The highest BCUT2D eigenvalue weighted by Gasteiger charge is 2.07. The fourth-order valence-electron chi connectivity index (χ4n) is 1.20. The summed E-state index contributed by atoms with van der Waals surface area (Å²) in [6.45, 7) is 5.94. The molecule has 0 saturated heterocycles. The number of aromatic nitrogens is 2. The van der Waals surface area contributed by atoms with Crippen molar-refractivity contribution in [3.8, 4) is 0 Å². The summed E-state index contributed by atoms with van der Waals surface area (Å²) >= 11 is 5.64. The molecule has 0 bridgehead atoms. The summed E-state index contributed by atoms with van der Waals surface area (Å²) in [5, 5.41) is 2.89. The minimum absolute atomic E-state index is 0.204. The zero-order chi connectivity index (χ0) is 13.4. The predicted molar refractivity (Wildman–Crippen MR) is 69.6 cm³/mol. The summed E-state index contributed by atoms with van der Waals surface area (Å²) < 4.78 is 5.38. The Hall–Kier alpha value is -1.20. The van der Waals surface area contributed by atoms with E-state index in [1.807, 2.05) is 0 Å². The highest BCUT2D eigenvalue weighted by Crippen LogP contribution is 2.02. The van der Waals surface area contributed by atoms with Crippen LogP contribution in [0.1, 0.15) is 30.8 Å². The van der Waals surface area contributed by atoms with Gasteiger partial charge in [-0.3, -0.25) is 9.78 Å². The average molecular weight is 272 g/mol. The molecule has 0 aromatic carbocycles. The van der Waals surface area contributed by atoms with Crippen molar-refractivity contribution in [1.82, 2.24) is 15.3 Å².